The van der Waals surface area contributed by atoms with Crippen molar-refractivity contribution in [2.45, 2.75) is 51.8 Å². The zero-order valence-corrected chi connectivity index (χ0v) is 12.3. The lowest BCUT2D eigenvalue weighted by Gasteiger charge is -2.33. The maximum atomic E-state index is 12.2. The first-order valence-corrected chi connectivity index (χ1v) is 7.20. The van der Waals surface area contributed by atoms with Crippen LogP contribution in [0.25, 0.3) is 0 Å². The van der Waals surface area contributed by atoms with Crippen LogP contribution in [-0.2, 0) is 9.47 Å². The highest BCUT2D eigenvalue weighted by Crippen LogP contribution is 2.44. The van der Waals surface area contributed by atoms with Crippen LogP contribution in [0, 0.1) is 5.41 Å². The first-order chi connectivity index (χ1) is 9.52. The van der Waals surface area contributed by atoms with Crippen molar-refractivity contribution in [1.82, 2.24) is 0 Å². The van der Waals surface area contributed by atoms with Crippen LogP contribution < -0.4 is 0 Å². The topological polar surface area (TPSA) is 35.5 Å². The van der Waals surface area contributed by atoms with Gasteiger partial charge in [-0.15, -0.1) is 0 Å². The van der Waals surface area contributed by atoms with E-state index in [1.165, 1.54) is 0 Å². The van der Waals surface area contributed by atoms with Crippen molar-refractivity contribution in [2.75, 3.05) is 0 Å². The quantitative estimate of drug-likeness (QED) is 0.624. The molecule has 106 valence electrons. The van der Waals surface area contributed by atoms with Gasteiger partial charge in [0.1, 0.15) is 14.0 Å². The van der Waals surface area contributed by atoms with Crippen molar-refractivity contribution in [3.8, 4) is 0 Å². The number of rotatable bonds is 4. The Balaban J connectivity index is 2.17. The van der Waals surface area contributed by atoms with Gasteiger partial charge in [0, 0.05) is 5.41 Å². The number of esters is 1. The minimum absolute atomic E-state index is 0.0241. The fraction of sp³-hybridized carbons (Fsp3) is 0.562. The van der Waals surface area contributed by atoms with Crippen molar-refractivity contribution < 1.29 is 14.3 Å². The van der Waals surface area contributed by atoms with Gasteiger partial charge in [-0.05, 0) is 25.0 Å². The first-order valence-electron chi connectivity index (χ1n) is 7.20. The standard InChI is InChI=1S/C16H21BO3/c1-4-12-16(3,5-2)13(14(17)19-12)20-15(18)11-9-7-6-8-10-11/h6-10,12-14H,4-5H2,1-3H3/t12?,13-,14+,16-/m0/s1. The summed E-state index contributed by atoms with van der Waals surface area (Å²) in [6.45, 7) is 6.22. The third-order valence-corrected chi connectivity index (χ3v) is 4.38. The maximum Gasteiger partial charge on any atom is 0.338 e. The van der Waals surface area contributed by atoms with Gasteiger partial charge in [-0.3, -0.25) is 0 Å². The third-order valence-electron chi connectivity index (χ3n) is 4.38. The molecule has 0 saturated carbocycles. The molecule has 0 amide bonds. The second-order valence-corrected chi connectivity index (χ2v) is 5.55. The van der Waals surface area contributed by atoms with Crippen LogP contribution in [0.4, 0.5) is 0 Å². The second-order valence-electron chi connectivity index (χ2n) is 5.55. The molecule has 0 aliphatic carbocycles. The van der Waals surface area contributed by atoms with Crippen molar-refractivity contribution in [2.24, 2.45) is 5.41 Å². The lowest BCUT2D eigenvalue weighted by atomic mass is 9.73. The Morgan fingerprint density at radius 1 is 1.35 bits per heavy atom. The van der Waals surface area contributed by atoms with Crippen molar-refractivity contribution in [3.05, 3.63) is 35.9 Å². The van der Waals surface area contributed by atoms with Gasteiger partial charge in [0.15, 0.2) is 0 Å². The minimum atomic E-state index is -0.558. The maximum absolute atomic E-state index is 12.2. The summed E-state index contributed by atoms with van der Waals surface area (Å²) in [5.41, 5.74) is 0.302. The smallest absolute Gasteiger partial charge is 0.338 e. The lowest BCUT2D eigenvalue weighted by Crippen LogP contribution is -2.41. The largest absolute Gasteiger partial charge is 0.456 e. The van der Waals surface area contributed by atoms with E-state index in [4.69, 9.17) is 17.3 Å². The zero-order chi connectivity index (χ0) is 14.8. The molecule has 3 nitrogen and oxygen atoms in total. The predicted molar refractivity (Wildman–Crippen MR) is 78.7 cm³/mol. The Labute approximate surface area is 122 Å². The fourth-order valence-electron chi connectivity index (χ4n) is 2.93. The Morgan fingerprint density at radius 3 is 2.55 bits per heavy atom. The number of ether oxygens (including phenoxy) is 2. The summed E-state index contributed by atoms with van der Waals surface area (Å²) in [5, 5.41) is 0. The summed E-state index contributed by atoms with van der Waals surface area (Å²) in [4.78, 5) is 12.2. The Morgan fingerprint density at radius 2 is 2.00 bits per heavy atom. The molecule has 20 heavy (non-hydrogen) atoms. The summed E-state index contributed by atoms with van der Waals surface area (Å²) >= 11 is 0. The van der Waals surface area contributed by atoms with Crippen LogP contribution in [0.1, 0.15) is 44.0 Å². The van der Waals surface area contributed by atoms with Crippen molar-refractivity contribution >= 4 is 13.8 Å². The molecule has 0 aromatic heterocycles. The van der Waals surface area contributed by atoms with Gasteiger partial charge in [0.05, 0.1) is 17.7 Å². The molecule has 1 saturated heterocycles. The molecule has 1 aliphatic rings. The van der Waals surface area contributed by atoms with Gasteiger partial charge < -0.3 is 9.47 Å². The molecule has 1 unspecified atom stereocenters. The minimum Gasteiger partial charge on any atom is -0.456 e. The second kappa shape index (κ2) is 6.00. The monoisotopic (exact) mass is 272 g/mol. The van der Waals surface area contributed by atoms with Crippen LogP contribution >= 0.6 is 0 Å². The highest BCUT2D eigenvalue weighted by molar-refractivity contribution is 6.12. The van der Waals surface area contributed by atoms with E-state index < -0.39 is 12.1 Å². The molecule has 2 rings (SSSR count). The van der Waals surface area contributed by atoms with Gasteiger partial charge >= 0.3 is 5.97 Å². The Kier molecular flexibility index (Phi) is 4.54. The highest BCUT2D eigenvalue weighted by atomic mass is 16.6. The zero-order valence-electron chi connectivity index (χ0n) is 12.3. The highest BCUT2D eigenvalue weighted by Gasteiger charge is 2.51. The Bertz CT molecular complexity index is 462. The third kappa shape index (κ3) is 2.62. The molecule has 4 heteroatoms. The van der Waals surface area contributed by atoms with Crippen LogP contribution in [-0.4, -0.2) is 32.0 Å². The summed E-state index contributed by atoms with van der Waals surface area (Å²) in [7, 11) is 6.02. The molecule has 1 aliphatic heterocycles. The van der Waals surface area contributed by atoms with E-state index >= 15 is 0 Å². The van der Waals surface area contributed by atoms with Crippen molar-refractivity contribution in [1.29, 1.82) is 0 Å². The molecule has 1 aromatic carbocycles. The van der Waals surface area contributed by atoms with E-state index in [1.54, 1.807) is 12.1 Å². The molecule has 0 bridgehead atoms. The van der Waals surface area contributed by atoms with Gasteiger partial charge in [0.25, 0.3) is 0 Å². The fourth-order valence-corrected chi connectivity index (χ4v) is 2.93. The number of benzene rings is 1. The molecule has 1 aromatic rings. The van der Waals surface area contributed by atoms with Gasteiger partial charge in [0.2, 0.25) is 0 Å². The number of hydrogen-bond acceptors (Lipinski definition) is 3. The van der Waals surface area contributed by atoms with E-state index in [2.05, 4.69) is 20.8 Å². The number of carbonyl (C=O) groups is 1. The average molecular weight is 272 g/mol. The van der Waals surface area contributed by atoms with Crippen LogP contribution in [0.15, 0.2) is 30.3 Å². The normalized spacial score (nSPS) is 33.0. The van der Waals surface area contributed by atoms with E-state index in [1.807, 2.05) is 18.2 Å². The summed E-state index contributed by atoms with van der Waals surface area (Å²) in [5.74, 6) is -0.342. The van der Waals surface area contributed by atoms with Crippen LogP contribution in [0.2, 0.25) is 0 Å². The molecular formula is C16H21BO3. The molecule has 4 atom stereocenters. The lowest BCUT2D eigenvalue weighted by molar-refractivity contribution is -0.00408. The summed E-state index contributed by atoms with van der Waals surface area (Å²) < 4.78 is 11.4. The van der Waals surface area contributed by atoms with Gasteiger partial charge in [-0.2, -0.15) is 0 Å². The summed E-state index contributed by atoms with van der Waals surface area (Å²) in [6, 6.07) is 8.42. The number of hydrogen-bond donors (Lipinski definition) is 0. The first kappa shape index (κ1) is 15.1. The average Bonchev–Trinajstić information content (AvgIpc) is 2.72. The molecular weight excluding hydrogens is 251 g/mol. The van der Waals surface area contributed by atoms with E-state index in [9.17, 15) is 4.79 Å². The molecule has 0 N–H and O–H groups in total. The van der Waals surface area contributed by atoms with Gasteiger partial charge in [-0.1, -0.05) is 39.0 Å². The van der Waals surface area contributed by atoms with Gasteiger partial charge in [-0.25, -0.2) is 4.79 Å². The molecule has 0 spiro atoms. The van der Waals surface area contributed by atoms with Crippen LogP contribution in [0.5, 0.6) is 0 Å². The molecule has 1 fully saturated rings. The summed E-state index contributed by atoms with van der Waals surface area (Å²) in [6.07, 6.45) is 1.32. The Hall–Kier alpha value is -1.29. The SMILES string of the molecule is [B][C@@H]1OC(CC)[C@](C)(CC)[C@H]1OC(=O)c1ccccc1. The van der Waals surface area contributed by atoms with Crippen molar-refractivity contribution in [3.63, 3.8) is 0 Å². The van der Waals surface area contributed by atoms with E-state index in [0.717, 1.165) is 12.8 Å². The molecule has 2 radical (unpaired) electrons. The number of carbonyl (C=O) groups excluding carboxylic acids is 1. The van der Waals surface area contributed by atoms with E-state index in [-0.39, 0.29) is 17.5 Å². The molecule has 1 heterocycles. The predicted octanol–water partition coefficient (Wildman–Crippen LogP) is 2.93. The van der Waals surface area contributed by atoms with E-state index in [0.29, 0.717) is 5.56 Å². The van der Waals surface area contributed by atoms with Crippen LogP contribution in [0.3, 0.4) is 0 Å².